The molecule has 0 unspecified atom stereocenters. The predicted molar refractivity (Wildman–Crippen MR) is 148 cm³/mol. The topological polar surface area (TPSA) is 117 Å². The lowest BCUT2D eigenvalue weighted by Gasteiger charge is -2.40. The van der Waals surface area contributed by atoms with E-state index in [1.807, 2.05) is 24.3 Å². The van der Waals surface area contributed by atoms with E-state index in [1.165, 1.54) is 0 Å². The Morgan fingerprint density at radius 1 is 1.05 bits per heavy atom. The third-order valence-electron chi connectivity index (χ3n) is 7.07. The molecule has 0 amide bonds. The van der Waals surface area contributed by atoms with Gasteiger partial charge in [0, 0.05) is 50.0 Å². The molecule has 5 rings (SSSR count). The smallest absolute Gasteiger partial charge is 0.206 e. The van der Waals surface area contributed by atoms with Crippen LogP contribution < -0.4 is 15.5 Å². The van der Waals surface area contributed by atoms with E-state index in [2.05, 4.69) is 55.6 Å². The van der Waals surface area contributed by atoms with E-state index in [0.29, 0.717) is 36.1 Å². The number of anilines is 3. The van der Waals surface area contributed by atoms with Gasteiger partial charge in [-0.2, -0.15) is 0 Å². The van der Waals surface area contributed by atoms with Crippen molar-refractivity contribution in [3.63, 3.8) is 0 Å². The molecular weight excluding hydrogens is 480 g/mol. The molecule has 1 aromatic carbocycles. The summed E-state index contributed by atoms with van der Waals surface area (Å²) in [6.07, 6.45) is 2.70. The highest BCUT2D eigenvalue weighted by Crippen LogP contribution is 2.31. The highest BCUT2D eigenvalue weighted by molar-refractivity contribution is 5.74. The van der Waals surface area contributed by atoms with Crippen LogP contribution in [0.3, 0.4) is 0 Å². The summed E-state index contributed by atoms with van der Waals surface area (Å²) in [7, 11) is 0. The van der Waals surface area contributed by atoms with Gasteiger partial charge in [0.05, 0.1) is 31.1 Å². The molecule has 0 radical (unpaired) electrons. The number of phenolic OH excluding ortho intramolecular Hbond substituents is 1. The van der Waals surface area contributed by atoms with Gasteiger partial charge >= 0.3 is 0 Å². The fourth-order valence-electron chi connectivity index (χ4n) is 4.84. The number of rotatable bonds is 4. The molecule has 4 heterocycles. The van der Waals surface area contributed by atoms with Crippen LogP contribution in [0.4, 0.5) is 17.3 Å². The molecule has 10 nitrogen and oxygen atoms in total. The molecule has 10 heteroatoms. The maximum absolute atomic E-state index is 10.3. The van der Waals surface area contributed by atoms with Crippen LogP contribution in [-0.2, 0) is 4.74 Å². The summed E-state index contributed by atoms with van der Waals surface area (Å²) < 4.78 is 5.60. The molecule has 2 aromatic heterocycles. The Bertz CT molecular complexity index is 1340. The molecule has 3 N–H and O–H groups in total. The molecular formula is C28H34N8O2. The van der Waals surface area contributed by atoms with Crippen molar-refractivity contribution < 1.29 is 9.84 Å². The van der Waals surface area contributed by atoms with Crippen molar-refractivity contribution >= 4 is 17.3 Å². The van der Waals surface area contributed by atoms with Gasteiger partial charge in [-0.25, -0.2) is 9.97 Å². The summed E-state index contributed by atoms with van der Waals surface area (Å²) in [4.78, 5) is 15.9. The molecule has 2 aliphatic rings. The Morgan fingerprint density at radius 3 is 2.71 bits per heavy atom. The first-order valence-corrected chi connectivity index (χ1v) is 13.0. The number of aromatic hydroxyl groups is 1. The second-order valence-corrected chi connectivity index (χ2v) is 10.2. The third kappa shape index (κ3) is 5.79. The first kappa shape index (κ1) is 25.7. The molecule has 3 aromatic rings. The van der Waals surface area contributed by atoms with E-state index in [-0.39, 0.29) is 11.3 Å². The second kappa shape index (κ2) is 11.2. The number of hydrogen-bond donors (Lipinski definition) is 2. The van der Waals surface area contributed by atoms with Gasteiger partial charge in [-0.3, -0.25) is 4.90 Å². The van der Waals surface area contributed by atoms with Crippen molar-refractivity contribution in [2.45, 2.75) is 25.8 Å². The summed E-state index contributed by atoms with van der Waals surface area (Å²) in [6, 6.07) is 10.9. The standard InChI is InChI=1S/C28H34N8O2/c1-28(2)20-38-18-17-36(28)14-5-9-25-30-11-10-26(31-25)35-13-6-12-34(15-16-35)23-19-22(32-33-27(23)29)21-7-3-4-8-24(21)37/h3-4,7-8,10-11,19,37H,6,12-18,20H2,1-2H3,(H2,29,33). The minimum absolute atomic E-state index is 0.0243. The maximum Gasteiger partial charge on any atom is 0.206 e. The van der Waals surface area contributed by atoms with Gasteiger partial charge in [-0.15, -0.1) is 10.2 Å². The van der Waals surface area contributed by atoms with Crippen LogP contribution in [0.15, 0.2) is 42.6 Å². The highest BCUT2D eigenvalue weighted by atomic mass is 16.5. The third-order valence-corrected chi connectivity index (χ3v) is 7.07. The van der Waals surface area contributed by atoms with Gasteiger partial charge in [0.1, 0.15) is 11.6 Å². The number of nitrogen functional groups attached to an aromatic ring is 1. The number of hydrogen-bond acceptors (Lipinski definition) is 10. The summed E-state index contributed by atoms with van der Waals surface area (Å²) in [6.45, 7) is 10.5. The van der Waals surface area contributed by atoms with Crippen molar-refractivity contribution in [3.05, 3.63) is 48.4 Å². The molecule has 2 fully saturated rings. The zero-order chi connectivity index (χ0) is 26.5. The number of aromatic nitrogens is 4. The highest BCUT2D eigenvalue weighted by Gasteiger charge is 2.29. The van der Waals surface area contributed by atoms with Crippen molar-refractivity contribution in [2.24, 2.45) is 0 Å². The van der Waals surface area contributed by atoms with Gasteiger partial charge in [-0.1, -0.05) is 18.1 Å². The number of para-hydroxylation sites is 1. The lowest BCUT2D eigenvalue weighted by molar-refractivity contribution is -0.0440. The quantitative estimate of drug-likeness (QED) is 0.503. The Kier molecular flexibility index (Phi) is 7.58. The minimum atomic E-state index is -0.0243. The zero-order valence-corrected chi connectivity index (χ0v) is 22.0. The van der Waals surface area contributed by atoms with Crippen LogP contribution in [0.1, 0.15) is 26.1 Å². The van der Waals surface area contributed by atoms with E-state index in [4.69, 9.17) is 15.5 Å². The van der Waals surface area contributed by atoms with Crippen LogP contribution >= 0.6 is 0 Å². The van der Waals surface area contributed by atoms with E-state index in [1.54, 1.807) is 18.3 Å². The van der Waals surface area contributed by atoms with E-state index in [0.717, 1.165) is 57.3 Å². The Morgan fingerprint density at radius 2 is 1.87 bits per heavy atom. The Balaban J connectivity index is 1.27. The van der Waals surface area contributed by atoms with Crippen LogP contribution in [0.25, 0.3) is 11.3 Å². The number of nitrogens with two attached hydrogens (primary N) is 1. The fraction of sp³-hybridized carbons (Fsp3) is 0.429. The average molecular weight is 515 g/mol. The normalized spacial score (nSPS) is 17.9. The monoisotopic (exact) mass is 514 g/mol. The van der Waals surface area contributed by atoms with Gasteiger partial charge in [-0.05, 0) is 50.5 Å². The number of ether oxygens (including phenoxy) is 1. The minimum Gasteiger partial charge on any atom is -0.507 e. The summed E-state index contributed by atoms with van der Waals surface area (Å²) in [5.41, 5.74) is 8.25. The molecule has 38 heavy (non-hydrogen) atoms. The van der Waals surface area contributed by atoms with Gasteiger partial charge in [0.2, 0.25) is 5.82 Å². The number of phenols is 1. The molecule has 198 valence electrons. The van der Waals surface area contributed by atoms with E-state index < -0.39 is 0 Å². The lowest BCUT2D eigenvalue weighted by atomic mass is 10.0. The van der Waals surface area contributed by atoms with E-state index in [9.17, 15) is 5.11 Å². The Labute approximate surface area is 223 Å². The van der Waals surface area contributed by atoms with Gasteiger partial charge in [0.25, 0.3) is 0 Å². The van der Waals surface area contributed by atoms with E-state index >= 15 is 0 Å². The SMILES string of the molecule is CC1(C)COCCN1CC#Cc1nccc(N2CCCN(c3cc(-c4ccccc4O)nnc3N)CC2)n1. The first-order chi connectivity index (χ1) is 18.4. The average Bonchev–Trinajstić information content (AvgIpc) is 3.17. The molecule has 0 atom stereocenters. The fourth-order valence-corrected chi connectivity index (χ4v) is 4.84. The number of nitrogens with zero attached hydrogens (tertiary/aromatic N) is 7. The first-order valence-electron chi connectivity index (χ1n) is 13.0. The summed E-state index contributed by atoms with van der Waals surface area (Å²) in [5, 5.41) is 18.6. The molecule has 0 spiro atoms. The summed E-state index contributed by atoms with van der Waals surface area (Å²) >= 11 is 0. The van der Waals surface area contributed by atoms with Crippen molar-refractivity contribution in [1.82, 2.24) is 25.1 Å². The number of benzene rings is 1. The predicted octanol–water partition coefficient (Wildman–Crippen LogP) is 2.40. The lowest BCUT2D eigenvalue weighted by Crippen LogP contribution is -2.52. The Hall–Kier alpha value is -3.94. The molecule has 0 saturated carbocycles. The van der Waals surface area contributed by atoms with Crippen molar-refractivity contribution in [3.8, 4) is 28.8 Å². The van der Waals surface area contributed by atoms with Crippen molar-refractivity contribution in [2.75, 3.05) is 68.0 Å². The van der Waals surface area contributed by atoms with Crippen molar-refractivity contribution in [1.29, 1.82) is 0 Å². The molecule has 0 aliphatic carbocycles. The van der Waals surface area contributed by atoms with Crippen LogP contribution in [0.5, 0.6) is 5.75 Å². The summed E-state index contributed by atoms with van der Waals surface area (Å²) in [5.74, 6) is 8.34. The second-order valence-electron chi connectivity index (χ2n) is 10.2. The maximum atomic E-state index is 10.3. The van der Waals surface area contributed by atoms with Crippen LogP contribution in [0.2, 0.25) is 0 Å². The molecule has 2 aliphatic heterocycles. The van der Waals surface area contributed by atoms with Gasteiger partial charge < -0.3 is 25.4 Å². The van der Waals surface area contributed by atoms with Gasteiger partial charge in [0.15, 0.2) is 5.82 Å². The van der Waals surface area contributed by atoms with Crippen LogP contribution in [0, 0.1) is 11.8 Å². The zero-order valence-electron chi connectivity index (χ0n) is 22.0. The number of morpholine rings is 1. The molecule has 2 saturated heterocycles. The largest absolute Gasteiger partial charge is 0.507 e. The van der Waals surface area contributed by atoms with Crippen LogP contribution in [-0.4, -0.2) is 88.2 Å². The molecule has 0 bridgehead atoms.